The molecular weight excluding hydrogens is 168 g/mol. The zero-order valence-corrected chi connectivity index (χ0v) is 7.11. The van der Waals surface area contributed by atoms with E-state index < -0.39 is 0 Å². The lowest BCUT2D eigenvalue weighted by molar-refractivity contribution is -0.116. The maximum Gasteiger partial charge on any atom is 0.201 e. The molecule has 2 heterocycles. The van der Waals surface area contributed by atoms with E-state index in [0.717, 1.165) is 5.56 Å². The Balaban J connectivity index is 2.42. The Kier molecular flexibility index (Phi) is 1.77. The zero-order chi connectivity index (χ0) is 9.26. The van der Waals surface area contributed by atoms with Crippen LogP contribution in [0.15, 0.2) is 12.3 Å². The maximum absolute atomic E-state index is 10.8. The van der Waals surface area contributed by atoms with Gasteiger partial charge in [0.25, 0.3) is 0 Å². The molecule has 0 atom stereocenters. The fourth-order valence-electron chi connectivity index (χ4n) is 1.17. The lowest BCUT2D eigenvalue weighted by Gasteiger charge is -1.94. The molecule has 0 aliphatic heterocycles. The molecule has 5 nitrogen and oxygen atoms in total. The van der Waals surface area contributed by atoms with E-state index in [1.807, 2.05) is 6.07 Å². The first-order valence-electron chi connectivity index (χ1n) is 3.90. The summed E-state index contributed by atoms with van der Waals surface area (Å²) in [7, 11) is 0. The highest BCUT2D eigenvalue weighted by molar-refractivity contribution is 5.79. The molecule has 2 aromatic rings. The molecule has 0 saturated heterocycles. The third-order valence-corrected chi connectivity index (χ3v) is 1.68. The van der Waals surface area contributed by atoms with Gasteiger partial charge in [0.15, 0.2) is 0 Å². The van der Waals surface area contributed by atoms with Gasteiger partial charge in [-0.2, -0.15) is 10.3 Å². The SMILES string of the molecule is CC(=O)Cc1cnc2n[nH]nc2c1. The van der Waals surface area contributed by atoms with Crippen LogP contribution in [-0.2, 0) is 11.2 Å². The Morgan fingerprint density at radius 2 is 2.38 bits per heavy atom. The summed E-state index contributed by atoms with van der Waals surface area (Å²) < 4.78 is 0. The Labute approximate surface area is 74.2 Å². The van der Waals surface area contributed by atoms with Crippen LogP contribution in [0, 0.1) is 0 Å². The minimum absolute atomic E-state index is 0.115. The third kappa shape index (κ3) is 1.53. The highest BCUT2D eigenvalue weighted by Crippen LogP contribution is 2.07. The van der Waals surface area contributed by atoms with E-state index in [0.29, 0.717) is 17.6 Å². The number of Topliss-reactive ketones (excluding diaryl/α,β-unsaturated/α-hetero) is 1. The van der Waals surface area contributed by atoms with Crippen molar-refractivity contribution >= 4 is 16.9 Å². The zero-order valence-electron chi connectivity index (χ0n) is 7.11. The maximum atomic E-state index is 10.8. The number of fused-ring (bicyclic) bond motifs is 1. The normalized spacial score (nSPS) is 10.5. The average molecular weight is 176 g/mol. The molecule has 0 aliphatic carbocycles. The molecule has 0 unspecified atom stereocenters. The monoisotopic (exact) mass is 176 g/mol. The van der Waals surface area contributed by atoms with Crippen LogP contribution in [-0.4, -0.2) is 26.2 Å². The number of carbonyl (C=O) groups excluding carboxylic acids is 1. The van der Waals surface area contributed by atoms with Gasteiger partial charge in [-0.1, -0.05) is 0 Å². The fourth-order valence-corrected chi connectivity index (χ4v) is 1.17. The summed E-state index contributed by atoms with van der Waals surface area (Å²) in [6, 6.07) is 1.81. The number of nitrogens with one attached hydrogen (secondary N) is 1. The second-order valence-electron chi connectivity index (χ2n) is 2.89. The summed E-state index contributed by atoms with van der Waals surface area (Å²) >= 11 is 0. The summed E-state index contributed by atoms with van der Waals surface area (Å²) in [6.45, 7) is 1.55. The van der Waals surface area contributed by atoms with Gasteiger partial charge in [0, 0.05) is 12.6 Å². The van der Waals surface area contributed by atoms with E-state index >= 15 is 0 Å². The van der Waals surface area contributed by atoms with Crippen molar-refractivity contribution in [1.82, 2.24) is 20.4 Å². The molecule has 0 aliphatic rings. The van der Waals surface area contributed by atoms with Gasteiger partial charge in [-0.25, -0.2) is 4.98 Å². The molecular formula is C8H8N4O. The first-order chi connectivity index (χ1) is 6.25. The van der Waals surface area contributed by atoms with E-state index in [-0.39, 0.29) is 5.78 Å². The number of ketones is 1. The predicted octanol–water partition coefficient (Wildman–Crippen LogP) is 0.484. The molecule has 2 aromatic heterocycles. The van der Waals surface area contributed by atoms with E-state index in [1.165, 1.54) is 0 Å². The number of carbonyl (C=O) groups is 1. The number of nitrogens with zero attached hydrogens (tertiary/aromatic N) is 3. The molecule has 0 amide bonds. The second kappa shape index (κ2) is 2.93. The van der Waals surface area contributed by atoms with Crippen molar-refractivity contribution in [1.29, 1.82) is 0 Å². The summed E-state index contributed by atoms with van der Waals surface area (Å²) in [5, 5.41) is 10.2. The van der Waals surface area contributed by atoms with Crippen LogP contribution in [0.2, 0.25) is 0 Å². The van der Waals surface area contributed by atoms with E-state index in [4.69, 9.17) is 0 Å². The number of aromatic nitrogens is 4. The molecule has 0 saturated carbocycles. The summed E-state index contributed by atoms with van der Waals surface area (Å²) in [4.78, 5) is 14.9. The summed E-state index contributed by atoms with van der Waals surface area (Å²) in [5.41, 5.74) is 2.14. The van der Waals surface area contributed by atoms with Gasteiger partial charge in [-0.05, 0) is 18.6 Å². The van der Waals surface area contributed by atoms with Crippen LogP contribution in [0.3, 0.4) is 0 Å². The lowest BCUT2D eigenvalue weighted by Crippen LogP contribution is -1.96. The van der Waals surface area contributed by atoms with Crippen molar-refractivity contribution in [3.05, 3.63) is 17.8 Å². The first kappa shape index (κ1) is 7.85. The Hall–Kier alpha value is -1.78. The number of pyridine rings is 1. The van der Waals surface area contributed by atoms with Crippen molar-refractivity contribution < 1.29 is 4.79 Å². The predicted molar refractivity (Wildman–Crippen MR) is 46.1 cm³/mol. The van der Waals surface area contributed by atoms with Crippen LogP contribution in [0.4, 0.5) is 0 Å². The first-order valence-corrected chi connectivity index (χ1v) is 3.90. The number of rotatable bonds is 2. The van der Waals surface area contributed by atoms with Crippen molar-refractivity contribution in [3.8, 4) is 0 Å². The smallest absolute Gasteiger partial charge is 0.201 e. The Bertz CT molecular complexity index is 448. The van der Waals surface area contributed by atoms with Crippen molar-refractivity contribution in [2.75, 3.05) is 0 Å². The van der Waals surface area contributed by atoms with Gasteiger partial charge >= 0.3 is 0 Å². The van der Waals surface area contributed by atoms with Gasteiger partial charge in [0.1, 0.15) is 11.3 Å². The molecule has 66 valence electrons. The van der Waals surface area contributed by atoms with E-state index in [1.54, 1.807) is 13.1 Å². The molecule has 0 bridgehead atoms. The molecule has 2 rings (SSSR count). The number of H-pyrrole nitrogens is 1. The molecule has 1 N–H and O–H groups in total. The van der Waals surface area contributed by atoms with Gasteiger partial charge in [0.05, 0.1) is 0 Å². The largest absolute Gasteiger partial charge is 0.300 e. The topological polar surface area (TPSA) is 71.5 Å². The summed E-state index contributed by atoms with van der Waals surface area (Å²) in [5.74, 6) is 0.115. The van der Waals surface area contributed by atoms with Crippen LogP contribution in [0.5, 0.6) is 0 Å². The van der Waals surface area contributed by atoms with Crippen molar-refractivity contribution in [2.24, 2.45) is 0 Å². The average Bonchev–Trinajstić information content (AvgIpc) is 2.49. The Morgan fingerprint density at radius 1 is 1.54 bits per heavy atom. The quantitative estimate of drug-likeness (QED) is 0.722. The lowest BCUT2D eigenvalue weighted by atomic mass is 10.1. The minimum Gasteiger partial charge on any atom is -0.300 e. The van der Waals surface area contributed by atoms with Crippen LogP contribution in [0.1, 0.15) is 12.5 Å². The fraction of sp³-hybridized carbons (Fsp3) is 0.250. The van der Waals surface area contributed by atoms with Gasteiger partial charge < -0.3 is 0 Å². The number of aromatic amines is 1. The molecule has 5 heteroatoms. The molecule has 0 aromatic carbocycles. The van der Waals surface area contributed by atoms with Crippen LogP contribution < -0.4 is 0 Å². The summed E-state index contributed by atoms with van der Waals surface area (Å²) in [6.07, 6.45) is 2.04. The van der Waals surface area contributed by atoms with Gasteiger partial charge in [-0.3, -0.25) is 4.79 Å². The highest BCUT2D eigenvalue weighted by atomic mass is 16.1. The van der Waals surface area contributed by atoms with Crippen molar-refractivity contribution in [3.63, 3.8) is 0 Å². The van der Waals surface area contributed by atoms with E-state index in [9.17, 15) is 4.79 Å². The Morgan fingerprint density at radius 3 is 3.15 bits per heavy atom. The number of hydrogen-bond donors (Lipinski definition) is 1. The van der Waals surface area contributed by atoms with Crippen molar-refractivity contribution in [2.45, 2.75) is 13.3 Å². The third-order valence-electron chi connectivity index (χ3n) is 1.68. The number of hydrogen-bond acceptors (Lipinski definition) is 4. The van der Waals surface area contributed by atoms with Gasteiger partial charge in [0.2, 0.25) is 5.65 Å². The minimum atomic E-state index is 0.115. The van der Waals surface area contributed by atoms with Crippen LogP contribution >= 0.6 is 0 Å². The molecule has 0 fully saturated rings. The second-order valence-corrected chi connectivity index (χ2v) is 2.89. The standard InChI is InChI=1S/C8H8N4O/c1-5(13)2-6-3-7-8(9-4-6)11-12-10-7/h3-4H,2H2,1H3,(H,9,10,11,12). The highest BCUT2D eigenvalue weighted by Gasteiger charge is 2.02. The van der Waals surface area contributed by atoms with Gasteiger partial charge in [-0.15, -0.1) is 5.10 Å². The van der Waals surface area contributed by atoms with Crippen LogP contribution in [0.25, 0.3) is 11.2 Å². The molecule has 13 heavy (non-hydrogen) atoms. The van der Waals surface area contributed by atoms with E-state index in [2.05, 4.69) is 20.4 Å². The molecule has 0 radical (unpaired) electrons. The molecule has 0 spiro atoms.